The Morgan fingerprint density at radius 2 is 2.11 bits per heavy atom. The molecular formula is C13H22N4OS. The summed E-state index contributed by atoms with van der Waals surface area (Å²) in [5.74, 6) is 0.456. The molecule has 2 heterocycles. The number of rotatable bonds is 4. The number of aromatic nitrogens is 1. The Bertz CT molecular complexity index is 399. The molecule has 0 saturated carbocycles. The first kappa shape index (κ1) is 14.3. The SMILES string of the molecule is CC(C)C(CN)C(=O)N1CCN(c2nccs2)CC1. The highest BCUT2D eigenvalue weighted by Crippen LogP contribution is 2.20. The average molecular weight is 282 g/mol. The lowest BCUT2D eigenvalue weighted by Gasteiger charge is -2.36. The summed E-state index contributed by atoms with van der Waals surface area (Å²) in [5, 5.41) is 3.03. The van der Waals surface area contributed by atoms with Gasteiger partial charge in [-0.15, -0.1) is 11.3 Å². The van der Waals surface area contributed by atoms with Crippen LogP contribution in [0.5, 0.6) is 0 Å². The number of thiazole rings is 1. The predicted octanol–water partition coefficient (Wildman–Crippen LogP) is 1.02. The van der Waals surface area contributed by atoms with Crippen LogP contribution in [-0.2, 0) is 4.79 Å². The van der Waals surface area contributed by atoms with E-state index in [1.807, 2.05) is 16.5 Å². The van der Waals surface area contributed by atoms with E-state index in [-0.39, 0.29) is 11.8 Å². The topological polar surface area (TPSA) is 62.5 Å². The zero-order valence-electron chi connectivity index (χ0n) is 11.6. The smallest absolute Gasteiger partial charge is 0.227 e. The maximum absolute atomic E-state index is 12.4. The molecule has 0 aliphatic carbocycles. The van der Waals surface area contributed by atoms with Gasteiger partial charge >= 0.3 is 0 Å². The van der Waals surface area contributed by atoms with Crippen LogP contribution in [0.1, 0.15) is 13.8 Å². The normalized spacial score (nSPS) is 17.9. The van der Waals surface area contributed by atoms with Gasteiger partial charge in [0.1, 0.15) is 0 Å². The van der Waals surface area contributed by atoms with Crippen LogP contribution in [0.3, 0.4) is 0 Å². The van der Waals surface area contributed by atoms with Crippen molar-refractivity contribution >= 4 is 22.4 Å². The zero-order valence-corrected chi connectivity index (χ0v) is 12.4. The van der Waals surface area contributed by atoms with E-state index in [1.165, 1.54) is 0 Å². The van der Waals surface area contributed by atoms with E-state index in [0.717, 1.165) is 31.3 Å². The largest absolute Gasteiger partial charge is 0.345 e. The molecule has 1 atom stereocenters. The Morgan fingerprint density at radius 1 is 1.42 bits per heavy atom. The molecule has 2 N–H and O–H groups in total. The van der Waals surface area contributed by atoms with E-state index in [0.29, 0.717) is 12.5 Å². The molecule has 2 rings (SSSR count). The fourth-order valence-electron chi connectivity index (χ4n) is 2.38. The molecule has 106 valence electrons. The highest BCUT2D eigenvalue weighted by atomic mass is 32.1. The van der Waals surface area contributed by atoms with Crippen LogP contribution in [0.25, 0.3) is 0 Å². The van der Waals surface area contributed by atoms with Crippen LogP contribution >= 0.6 is 11.3 Å². The minimum Gasteiger partial charge on any atom is -0.345 e. The number of hydrogen-bond donors (Lipinski definition) is 1. The Labute approximate surface area is 118 Å². The third kappa shape index (κ3) is 3.25. The summed E-state index contributed by atoms with van der Waals surface area (Å²) >= 11 is 1.65. The van der Waals surface area contributed by atoms with Crippen molar-refractivity contribution in [1.82, 2.24) is 9.88 Å². The summed E-state index contributed by atoms with van der Waals surface area (Å²) in [6, 6.07) is 0. The monoisotopic (exact) mass is 282 g/mol. The summed E-state index contributed by atoms with van der Waals surface area (Å²) < 4.78 is 0. The number of anilines is 1. The van der Waals surface area contributed by atoms with Crippen LogP contribution in [-0.4, -0.2) is 48.5 Å². The van der Waals surface area contributed by atoms with Gasteiger partial charge in [0.2, 0.25) is 5.91 Å². The highest BCUT2D eigenvalue weighted by molar-refractivity contribution is 7.13. The molecule has 1 aromatic heterocycles. The molecule has 0 spiro atoms. The van der Waals surface area contributed by atoms with Gasteiger partial charge in [0.05, 0.1) is 5.92 Å². The van der Waals surface area contributed by atoms with E-state index in [4.69, 9.17) is 5.73 Å². The minimum atomic E-state index is -0.0496. The second-order valence-electron chi connectivity index (χ2n) is 5.21. The van der Waals surface area contributed by atoms with Gasteiger partial charge in [-0.2, -0.15) is 0 Å². The van der Waals surface area contributed by atoms with Gasteiger partial charge in [0.25, 0.3) is 0 Å². The second-order valence-corrected chi connectivity index (χ2v) is 6.09. The second kappa shape index (κ2) is 6.34. The van der Waals surface area contributed by atoms with E-state index in [1.54, 1.807) is 11.3 Å². The summed E-state index contributed by atoms with van der Waals surface area (Å²) in [4.78, 5) is 20.9. The van der Waals surface area contributed by atoms with Crippen molar-refractivity contribution in [2.45, 2.75) is 13.8 Å². The molecule has 1 aliphatic rings. The first-order valence-corrected chi connectivity index (χ1v) is 7.64. The number of nitrogens with two attached hydrogens (primary N) is 1. The lowest BCUT2D eigenvalue weighted by molar-refractivity contribution is -0.136. The summed E-state index contributed by atoms with van der Waals surface area (Å²) in [6.45, 7) is 7.79. The van der Waals surface area contributed by atoms with Crippen LogP contribution in [0, 0.1) is 11.8 Å². The molecule has 6 heteroatoms. The van der Waals surface area contributed by atoms with Gasteiger partial charge in [0, 0.05) is 44.3 Å². The van der Waals surface area contributed by atoms with E-state index in [2.05, 4.69) is 23.7 Å². The van der Waals surface area contributed by atoms with E-state index < -0.39 is 0 Å². The quantitative estimate of drug-likeness (QED) is 0.896. The molecule has 1 saturated heterocycles. The lowest BCUT2D eigenvalue weighted by Crippen LogP contribution is -2.52. The summed E-state index contributed by atoms with van der Waals surface area (Å²) in [7, 11) is 0. The van der Waals surface area contributed by atoms with Crippen LogP contribution in [0.2, 0.25) is 0 Å². The third-order valence-electron chi connectivity index (χ3n) is 3.66. The van der Waals surface area contributed by atoms with E-state index in [9.17, 15) is 4.79 Å². The van der Waals surface area contributed by atoms with Crippen molar-refractivity contribution < 1.29 is 4.79 Å². The fourth-order valence-corrected chi connectivity index (χ4v) is 3.08. The maximum Gasteiger partial charge on any atom is 0.227 e. The van der Waals surface area contributed by atoms with Crippen molar-refractivity contribution in [1.29, 1.82) is 0 Å². The fraction of sp³-hybridized carbons (Fsp3) is 0.692. The van der Waals surface area contributed by atoms with Gasteiger partial charge in [-0.3, -0.25) is 4.79 Å². The predicted molar refractivity (Wildman–Crippen MR) is 78.3 cm³/mol. The van der Waals surface area contributed by atoms with Crippen molar-refractivity contribution in [3.63, 3.8) is 0 Å². The van der Waals surface area contributed by atoms with Gasteiger partial charge in [-0.05, 0) is 5.92 Å². The molecule has 19 heavy (non-hydrogen) atoms. The Kier molecular flexibility index (Phi) is 4.76. The zero-order chi connectivity index (χ0) is 13.8. The number of nitrogens with zero attached hydrogens (tertiary/aromatic N) is 3. The van der Waals surface area contributed by atoms with Crippen molar-refractivity contribution in [3.8, 4) is 0 Å². The van der Waals surface area contributed by atoms with Gasteiger partial charge in [0.15, 0.2) is 5.13 Å². The third-order valence-corrected chi connectivity index (χ3v) is 4.49. The van der Waals surface area contributed by atoms with Crippen molar-refractivity contribution in [2.24, 2.45) is 17.6 Å². The molecule has 5 nitrogen and oxygen atoms in total. The Morgan fingerprint density at radius 3 is 2.58 bits per heavy atom. The first-order chi connectivity index (χ1) is 9.13. The molecule has 0 aromatic carbocycles. The van der Waals surface area contributed by atoms with Crippen LogP contribution < -0.4 is 10.6 Å². The molecule has 1 amide bonds. The van der Waals surface area contributed by atoms with Crippen LogP contribution in [0.15, 0.2) is 11.6 Å². The van der Waals surface area contributed by atoms with Crippen molar-refractivity contribution in [3.05, 3.63) is 11.6 Å². The number of amides is 1. The molecule has 1 unspecified atom stereocenters. The molecule has 0 bridgehead atoms. The standard InChI is InChI=1S/C13H22N4OS/c1-10(2)11(9-14)12(18)16-4-6-17(7-5-16)13-15-3-8-19-13/h3,8,10-11H,4-7,9,14H2,1-2H3. The van der Waals surface area contributed by atoms with E-state index >= 15 is 0 Å². The number of carbonyl (C=O) groups excluding carboxylic acids is 1. The number of piperazine rings is 1. The maximum atomic E-state index is 12.4. The Balaban J connectivity index is 1.91. The van der Waals surface area contributed by atoms with Gasteiger partial charge in [-0.1, -0.05) is 13.8 Å². The van der Waals surface area contributed by atoms with Gasteiger partial charge in [-0.25, -0.2) is 4.98 Å². The minimum absolute atomic E-state index is 0.0496. The first-order valence-electron chi connectivity index (χ1n) is 6.76. The number of carbonyl (C=O) groups is 1. The van der Waals surface area contributed by atoms with Crippen LogP contribution in [0.4, 0.5) is 5.13 Å². The molecular weight excluding hydrogens is 260 g/mol. The highest BCUT2D eigenvalue weighted by Gasteiger charge is 2.28. The van der Waals surface area contributed by atoms with Crippen molar-refractivity contribution in [2.75, 3.05) is 37.6 Å². The lowest BCUT2D eigenvalue weighted by atomic mass is 9.94. The Hall–Kier alpha value is -1.14. The summed E-state index contributed by atoms with van der Waals surface area (Å²) in [6.07, 6.45) is 1.82. The summed E-state index contributed by atoms with van der Waals surface area (Å²) in [5.41, 5.74) is 5.72. The molecule has 0 radical (unpaired) electrons. The molecule has 1 aliphatic heterocycles. The molecule has 1 aromatic rings. The molecule has 1 fully saturated rings. The van der Waals surface area contributed by atoms with Gasteiger partial charge < -0.3 is 15.5 Å². The number of hydrogen-bond acceptors (Lipinski definition) is 5. The average Bonchev–Trinajstić information content (AvgIpc) is 2.93.